The monoisotopic (exact) mass is 344 g/mol. The molecule has 1 aliphatic rings. The first-order valence-corrected chi connectivity index (χ1v) is 9.19. The Morgan fingerprint density at radius 2 is 1.15 bits per heavy atom. The fourth-order valence-corrected chi connectivity index (χ4v) is 4.40. The summed E-state index contributed by atoms with van der Waals surface area (Å²) in [7, 11) is 1.81. The molecule has 1 unspecified atom stereocenters. The molecule has 3 aromatic rings. The Kier molecular flexibility index (Phi) is 4.62. The van der Waals surface area contributed by atoms with Crippen molar-refractivity contribution in [2.75, 3.05) is 13.7 Å². The van der Waals surface area contributed by atoms with Gasteiger partial charge in [0.2, 0.25) is 0 Å². The lowest BCUT2D eigenvalue weighted by molar-refractivity contribution is -0.221. The van der Waals surface area contributed by atoms with E-state index in [0.717, 1.165) is 29.5 Å². The Balaban J connectivity index is 2.05. The van der Waals surface area contributed by atoms with Gasteiger partial charge in [-0.15, -0.1) is 0 Å². The maximum atomic E-state index is 6.67. The summed E-state index contributed by atoms with van der Waals surface area (Å²) in [6.45, 7) is 0.710. The molecule has 132 valence electrons. The SMILES string of the molecule is COC1(c2ccccc2)CCCOC1(c1ccccc1)c1ccccc1. The van der Waals surface area contributed by atoms with Gasteiger partial charge in [-0.1, -0.05) is 91.0 Å². The Morgan fingerprint density at radius 3 is 1.62 bits per heavy atom. The molecule has 0 amide bonds. The Morgan fingerprint density at radius 1 is 0.692 bits per heavy atom. The molecule has 0 aromatic heterocycles. The van der Waals surface area contributed by atoms with Crippen molar-refractivity contribution in [2.24, 2.45) is 0 Å². The highest BCUT2D eigenvalue weighted by Gasteiger charge is 2.58. The summed E-state index contributed by atoms with van der Waals surface area (Å²) in [4.78, 5) is 0. The third kappa shape index (κ3) is 2.49. The van der Waals surface area contributed by atoms with Crippen LogP contribution in [0.3, 0.4) is 0 Å². The van der Waals surface area contributed by atoms with E-state index < -0.39 is 11.2 Å². The van der Waals surface area contributed by atoms with Crippen molar-refractivity contribution in [1.29, 1.82) is 0 Å². The van der Waals surface area contributed by atoms with Gasteiger partial charge in [-0.25, -0.2) is 0 Å². The molecule has 26 heavy (non-hydrogen) atoms. The van der Waals surface area contributed by atoms with E-state index in [0.29, 0.717) is 6.61 Å². The first-order valence-electron chi connectivity index (χ1n) is 9.19. The van der Waals surface area contributed by atoms with Crippen LogP contribution in [0.25, 0.3) is 0 Å². The van der Waals surface area contributed by atoms with Crippen LogP contribution in [0.1, 0.15) is 29.5 Å². The molecule has 1 aliphatic heterocycles. The first kappa shape index (κ1) is 17.0. The van der Waals surface area contributed by atoms with E-state index >= 15 is 0 Å². The van der Waals surface area contributed by atoms with Crippen molar-refractivity contribution in [2.45, 2.75) is 24.0 Å². The van der Waals surface area contributed by atoms with Crippen molar-refractivity contribution in [3.63, 3.8) is 0 Å². The lowest BCUT2D eigenvalue weighted by Crippen LogP contribution is -2.56. The van der Waals surface area contributed by atoms with Crippen molar-refractivity contribution >= 4 is 0 Å². The van der Waals surface area contributed by atoms with Crippen LogP contribution in [0.5, 0.6) is 0 Å². The molecular formula is C24H24O2. The zero-order chi connectivity index (χ0) is 17.9. The largest absolute Gasteiger partial charge is 0.370 e. The lowest BCUT2D eigenvalue weighted by Gasteiger charge is -2.53. The third-order valence-corrected chi connectivity index (χ3v) is 5.51. The molecule has 1 heterocycles. The summed E-state index contributed by atoms with van der Waals surface area (Å²) < 4.78 is 13.0. The Bertz CT molecular complexity index is 790. The van der Waals surface area contributed by atoms with Gasteiger partial charge in [-0.05, 0) is 29.5 Å². The quantitative estimate of drug-likeness (QED) is 0.641. The van der Waals surface area contributed by atoms with Crippen LogP contribution < -0.4 is 0 Å². The van der Waals surface area contributed by atoms with Crippen molar-refractivity contribution in [3.05, 3.63) is 108 Å². The topological polar surface area (TPSA) is 18.5 Å². The van der Waals surface area contributed by atoms with Crippen LogP contribution in [0.15, 0.2) is 91.0 Å². The average Bonchev–Trinajstić information content (AvgIpc) is 2.75. The maximum absolute atomic E-state index is 6.67. The van der Waals surface area contributed by atoms with Gasteiger partial charge < -0.3 is 9.47 Å². The maximum Gasteiger partial charge on any atom is 0.151 e. The second kappa shape index (κ2) is 7.06. The highest BCUT2D eigenvalue weighted by atomic mass is 16.6. The highest BCUT2D eigenvalue weighted by molar-refractivity contribution is 5.45. The molecule has 1 fully saturated rings. The van der Waals surface area contributed by atoms with Gasteiger partial charge in [0.05, 0.1) is 0 Å². The summed E-state index contributed by atoms with van der Waals surface area (Å²) in [6, 6.07) is 31.5. The third-order valence-electron chi connectivity index (χ3n) is 5.51. The van der Waals surface area contributed by atoms with Crippen LogP contribution in [0.2, 0.25) is 0 Å². The molecule has 0 N–H and O–H groups in total. The minimum absolute atomic E-state index is 0.588. The fourth-order valence-electron chi connectivity index (χ4n) is 4.40. The van der Waals surface area contributed by atoms with E-state index in [1.165, 1.54) is 0 Å². The van der Waals surface area contributed by atoms with Crippen molar-refractivity contribution in [3.8, 4) is 0 Å². The summed E-state index contributed by atoms with van der Waals surface area (Å²) >= 11 is 0. The van der Waals surface area contributed by atoms with Gasteiger partial charge in [-0.3, -0.25) is 0 Å². The van der Waals surface area contributed by atoms with Crippen LogP contribution in [-0.4, -0.2) is 13.7 Å². The Hall–Kier alpha value is -2.42. The van der Waals surface area contributed by atoms with Gasteiger partial charge in [0, 0.05) is 13.7 Å². The van der Waals surface area contributed by atoms with Gasteiger partial charge in [0.1, 0.15) is 5.60 Å². The Labute approximate surface area is 155 Å². The lowest BCUT2D eigenvalue weighted by atomic mass is 9.66. The van der Waals surface area contributed by atoms with Crippen molar-refractivity contribution in [1.82, 2.24) is 0 Å². The van der Waals surface area contributed by atoms with E-state index in [-0.39, 0.29) is 0 Å². The minimum atomic E-state index is -0.691. The number of ether oxygens (including phenoxy) is 2. The summed E-state index contributed by atoms with van der Waals surface area (Å²) in [5.41, 5.74) is 2.11. The molecule has 0 bridgehead atoms. The predicted octanol–water partition coefficient (Wildman–Crippen LogP) is 5.28. The first-order chi connectivity index (χ1) is 12.8. The number of benzene rings is 3. The fraction of sp³-hybridized carbons (Fsp3) is 0.250. The van der Waals surface area contributed by atoms with E-state index in [2.05, 4.69) is 72.8 Å². The van der Waals surface area contributed by atoms with Crippen LogP contribution in [0.4, 0.5) is 0 Å². The molecule has 1 saturated heterocycles. The molecule has 0 aliphatic carbocycles. The predicted molar refractivity (Wildman–Crippen MR) is 104 cm³/mol. The minimum Gasteiger partial charge on any atom is -0.370 e. The second-order valence-electron chi connectivity index (χ2n) is 6.76. The molecule has 3 aromatic carbocycles. The van der Waals surface area contributed by atoms with E-state index in [1.807, 2.05) is 25.3 Å². The van der Waals surface area contributed by atoms with Crippen LogP contribution in [0, 0.1) is 0 Å². The number of rotatable bonds is 4. The smallest absolute Gasteiger partial charge is 0.151 e. The molecule has 0 spiro atoms. The molecule has 4 rings (SSSR count). The van der Waals surface area contributed by atoms with Crippen LogP contribution in [-0.2, 0) is 20.7 Å². The second-order valence-corrected chi connectivity index (χ2v) is 6.76. The van der Waals surface area contributed by atoms with E-state index in [1.54, 1.807) is 0 Å². The van der Waals surface area contributed by atoms with E-state index in [4.69, 9.17) is 9.47 Å². The molecule has 2 heteroatoms. The summed E-state index contributed by atoms with van der Waals surface area (Å²) in [6.07, 6.45) is 1.86. The summed E-state index contributed by atoms with van der Waals surface area (Å²) in [5, 5.41) is 0. The molecule has 2 nitrogen and oxygen atoms in total. The molecule has 0 radical (unpaired) electrons. The highest BCUT2D eigenvalue weighted by Crippen LogP contribution is 2.55. The average molecular weight is 344 g/mol. The zero-order valence-corrected chi connectivity index (χ0v) is 15.1. The van der Waals surface area contributed by atoms with Gasteiger partial charge in [-0.2, -0.15) is 0 Å². The van der Waals surface area contributed by atoms with Crippen molar-refractivity contribution < 1.29 is 9.47 Å². The number of hydrogen-bond acceptors (Lipinski definition) is 2. The van der Waals surface area contributed by atoms with Gasteiger partial charge in [0.15, 0.2) is 5.60 Å². The zero-order valence-electron chi connectivity index (χ0n) is 15.1. The summed E-state index contributed by atoms with van der Waals surface area (Å²) in [5.74, 6) is 0. The normalized spacial score (nSPS) is 22.0. The van der Waals surface area contributed by atoms with Crippen LogP contribution >= 0.6 is 0 Å². The van der Waals surface area contributed by atoms with Gasteiger partial charge >= 0.3 is 0 Å². The molecule has 1 atom stereocenters. The molecular weight excluding hydrogens is 320 g/mol. The standard InChI is InChI=1S/C24H24O2/c1-25-23(20-12-5-2-6-13-20)18-11-19-26-24(23,21-14-7-3-8-15-21)22-16-9-4-10-17-22/h2-10,12-17H,11,18-19H2,1H3. The number of methoxy groups -OCH3 is 1. The number of hydrogen-bond donors (Lipinski definition) is 0. The van der Waals surface area contributed by atoms with Gasteiger partial charge in [0.25, 0.3) is 0 Å². The molecule has 0 saturated carbocycles. The van der Waals surface area contributed by atoms with E-state index in [9.17, 15) is 0 Å².